The summed E-state index contributed by atoms with van der Waals surface area (Å²) in [5, 5.41) is 11.2. The first kappa shape index (κ1) is 13.3. The van der Waals surface area contributed by atoms with E-state index in [9.17, 15) is 9.59 Å². The smallest absolute Gasteiger partial charge is 0.219 e. The van der Waals surface area contributed by atoms with Gasteiger partial charge in [0.15, 0.2) is 0 Å². The fraction of sp³-hybridized carbons (Fsp3) is 0.250. The van der Waals surface area contributed by atoms with Gasteiger partial charge in [-0.2, -0.15) is 5.26 Å². The number of thioether (sulfide) groups is 1. The predicted octanol–water partition coefficient (Wildman–Crippen LogP) is 1.57. The number of nitriles is 1. The SMILES string of the molecule is CC(=O)NCCSC(=O)c1ccc(C#N)cc1. The second-order valence-corrected chi connectivity index (χ2v) is 4.38. The Labute approximate surface area is 104 Å². The first-order valence-corrected chi connectivity index (χ1v) is 6.04. The highest BCUT2D eigenvalue weighted by molar-refractivity contribution is 8.14. The van der Waals surface area contributed by atoms with Crippen LogP contribution in [0.2, 0.25) is 0 Å². The molecule has 0 aliphatic rings. The Hall–Kier alpha value is -1.80. The molecule has 0 fully saturated rings. The first-order chi connectivity index (χ1) is 8.13. The molecule has 1 N–H and O–H groups in total. The number of rotatable bonds is 4. The maximum absolute atomic E-state index is 11.7. The molecule has 0 atom stereocenters. The molecule has 4 nitrogen and oxygen atoms in total. The van der Waals surface area contributed by atoms with Gasteiger partial charge in [0.2, 0.25) is 11.0 Å². The van der Waals surface area contributed by atoms with Gasteiger partial charge in [-0.25, -0.2) is 0 Å². The van der Waals surface area contributed by atoms with Crippen molar-refractivity contribution in [3.8, 4) is 6.07 Å². The van der Waals surface area contributed by atoms with Crippen LogP contribution in [0.15, 0.2) is 24.3 Å². The van der Waals surface area contributed by atoms with Gasteiger partial charge in [0.25, 0.3) is 0 Å². The van der Waals surface area contributed by atoms with E-state index in [0.717, 1.165) is 11.8 Å². The van der Waals surface area contributed by atoms with Gasteiger partial charge in [0.1, 0.15) is 0 Å². The summed E-state index contributed by atoms with van der Waals surface area (Å²) < 4.78 is 0. The Balaban J connectivity index is 2.42. The summed E-state index contributed by atoms with van der Waals surface area (Å²) in [4.78, 5) is 22.2. The average molecular weight is 248 g/mol. The highest BCUT2D eigenvalue weighted by Crippen LogP contribution is 2.12. The minimum atomic E-state index is -0.101. The van der Waals surface area contributed by atoms with Gasteiger partial charge in [-0.1, -0.05) is 11.8 Å². The third-order valence-corrected chi connectivity index (χ3v) is 2.87. The minimum absolute atomic E-state index is 0.0557. The van der Waals surface area contributed by atoms with E-state index in [1.54, 1.807) is 24.3 Å². The molecule has 1 aromatic carbocycles. The van der Waals surface area contributed by atoms with Gasteiger partial charge < -0.3 is 5.32 Å². The lowest BCUT2D eigenvalue weighted by Gasteiger charge is -2.02. The van der Waals surface area contributed by atoms with Gasteiger partial charge in [-0.3, -0.25) is 9.59 Å². The fourth-order valence-electron chi connectivity index (χ4n) is 1.13. The average Bonchev–Trinajstić information content (AvgIpc) is 2.34. The molecule has 0 radical (unpaired) electrons. The van der Waals surface area contributed by atoms with Crippen LogP contribution in [0.4, 0.5) is 0 Å². The Bertz CT molecular complexity index is 449. The van der Waals surface area contributed by atoms with Gasteiger partial charge in [-0.05, 0) is 24.3 Å². The van der Waals surface area contributed by atoms with Crippen LogP contribution in [-0.2, 0) is 4.79 Å². The molecule has 0 spiro atoms. The zero-order valence-electron chi connectivity index (χ0n) is 9.40. The van der Waals surface area contributed by atoms with E-state index in [2.05, 4.69) is 5.32 Å². The zero-order chi connectivity index (χ0) is 12.7. The number of amides is 1. The Morgan fingerprint density at radius 1 is 1.35 bits per heavy atom. The van der Waals surface area contributed by atoms with Gasteiger partial charge in [0, 0.05) is 24.8 Å². The number of hydrogen-bond donors (Lipinski definition) is 1. The third-order valence-electron chi connectivity index (χ3n) is 1.96. The van der Waals surface area contributed by atoms with Crippen LogP contribution in [0.25, 0.3) is 0 Å². The largest absolute Gasteiger partial charge is 0.356 e. The van der Waals surface area contributed by atoms with Crippen LogP contribution in [-0.4, -0.2) is 23.3 Å². The Morgan fingerprint density at radius 2 is 2.00 bits per heavy atom. The van der Waals surface area contributed by atoms with Crippen molar-refractivity contribution in [2.45, 2.75) is 6.92 Å². The molecular formula is C12H12N2O2S. The van der Waals surface area contributed by atoms with E-state index < -0.39 is 0 Å². The van der Waals surface area contributed by atoms with Crippen LogP contribution in [0.1, 0.15) is 22.8 Å². The number of carbonyl (C=O) groups excluding carboxylic acids is 2. The molecule has 88 valence electrons. The van der Waals surface area contributed by atoms with E-state index >= 15 is 0 Å². The highest BCUT2D eigenvalue weighted by atomic mass is 32.2. The van der Waals surface area contributed by atoms with Crippen molar-refractivity contribution in [2.75, 3.05) is 12.3 Å². The van der Waals surface area contributed by atoms with Crippen molar-refractivity contribution in [3.05, 3.63) is 35.4 Å². The molecule has 1 amide bonds. The van der Waals surface area contributed by atoms with E-state index in [4.69, 9.17) is 5.26 Å². The van der Waals surface area contributed by atoms with Crippen molar-refractivity contribution in [1.82, 2.24) is 5.32 Å². The summed E-state index contributed by atoms with van der Waals surface area (Å²) in [6.45, 7) is 1.91. The van der Waals surface area contributed by atoms with Crippen LogP contribution in [0, 0.1) is 11.3 Å². The predicted molar refractivity (Wildman–Crippen MR) is 66.6 cm³/mol. The molecule has 0 saturated heterocycles. The third kappa shape index (κ3) is 4.70. The lowest BCUT2D eigenvalue weighted by molar-refractivity contribution is -0.118. The fourth-order valence-corrected chi connectivity index (χ4v) is 1.83. The molecule has 1 aromatic rings. The lowest BCUT2D eigenvalue weighted by atomic mass is 10.2. The zero-order valence-corrected chi connectivity index (χ0v) is 10.2. The Kier molecular flexibility index (Phi) is 5.24. The molecule has 17 heavy (non-hydrogen) atoms. The number of carbonyl (C=O) groups is 2. The molecule has 0 aromatic heterocycles. The number of benzene rings is 1. The second-order valence-electron chi connectivity index (χ2n) is 3.31. The van der Waals surface area contributed by atoms with Crippen molar-refractivity contribution in [1.29, 1.82) is 5.26 Å². The normalized spacial score (nSPS) is 9.41. The van der Waals surface area contributed by atoms with Crippen molar-refractivity contribution >= 4 is 22.8 Å². The molecule has 0 aliphatic heterocycles. The first-order valence-electron chi connectivity index (χ1n) is 5.05. The number of nitrogens with one attached hydrogen (secondary N) is 1. The Morgan fingerprint density at radius 3 is 2.53 bits per heavy atom. The van der Waals surface area contributed by atoms with Gasteiger partial charge in [-0.15, -0.1) is 0 Å². The monoisotopic (exact) mass is 248 g/mol. The van der Waals surface area contributed by atoms with Crippen LogP contribution in [0.3, 0.4) is 0 Å². The van der Waals surface area contributed by atoms with Gasteiger partial charge >= 0.3 is 0 Å². The lowest BCUT2D eigenvalue weighted by Crippen LogP contribution is -2.22. The molecule has 0 bridgehead atoms. The van der Waals surface area contributed by atoms with E-state index in [1.165, 1.54) is 6.92 Å². The molecular weight excluding hydrogens is 236 g/mol. The summed E-state index contributed by atoms with van der Waals surface area (Å²) in [5.74, 6) is 0.440. The topological polar surface area (TPSA) is 70.0 Å². The number of hydrogen-bond acceptors (Lipinski definition) is 4. The molecule has 0 heterocycles. The summed E-state index contributed by atoms with van der Waals surface area (Å²) in [6, 6.07) is 8.48. The molecule has 0 aliphatic carbocycles. The van der Waals surface area contributed by atoms with E-state index in [1.807, 2.05) is 6.07 Å². The van der Waals surface area contributed by atoms with Crippen LogP contribution >= 0.6 is 11.8 Å². The summed E-state index contributed by atoms with van der Waals surface area (Å²) >= 11 is 1.15. The second kappa shape index (κ2) is 6.71. The maximum Gasteiger partial charge on any atom is 0.219 e. The van der Waals surface area contributed by atoms with E-state index in [0.29, 0.717) is 23.4 Å². The van der Waals surface area contributed by atoms with Crippen molar-refractivity contribution in [2.24, 2.45) is 0 Å². The summed E-state index contributed by atoms with van der Waals surface area (Å²) in [6.07, 6.45) is 0. The van der Waals surface area contributed by atoms with E-state index in [-0.39, 0.29) is 11.0 Å². The minimum Gasteiger partial charge on any atom is -0.356 e. The molecule has 5 heteroatoms. The van der Waals surface area contributed by atoms with Crippen LogP contribution in [0.5, 0.6) is 0 Å². The standard InChI is InChI=1S/C12H12N2O2S/c1-9(15)14-6-7-17-12(16)11-4-2-10(8-13)3-5-11/h2-5H,6-7H2,1H3,(H,14,15). The highest BCUT2D eigenvalue weighted by Gasteiger charge is 2.06. The summed E-state index contributed by atoms with van der Waals surface area (Å²) in [5.41, 5.74) is 1.10. The molecule has 1 rings (SSSR count). The quantitative estimate of drug-likeness (QED) is 0.821. The number of nitrogens with zero attached hydrogens (tertiary/aromatic N) is 1. The molecule has 0 saturated carbocycles. The van der Waals surface area contributed by atoms with Gasteiger partial charge in [0.05, 0.1) is 11.6 Å². The van der Waals surface area contributed by atoms with Crippen molar-refractivity contribution in [3.63, 3.8) is 0 Å². The molecule has 0 unspecified atom stereocenters. The van der Waals surface area contributed by atoms with Crippen molar-refractivity contribution < 1.29 is 9.59 Å². The summed E-state index contributed by atoms with van der Waals surface area (Å²) in [7, 11) is 0. The maximum atomic E-state index is 11.7. The van der Waals surface area contributed by atoms with Crippen LogP contribution < -0.4 is 5.32 Å².